The van der Waals surface area contributed by atoms with E-state index in [1.165, 1.54) is 12.8 Å². The van der Waals surface area contributed by atoms with Crippen molar-refractivity contribution >= 4 is 5.91 Å². The minimum absolute atomic E-state index is 0.0307. The number of benzene rings is 1. The molecule has 0 spiro atoms. The summed E-state index contributed by atoms with van der Waals surface area (Å²) >= 11 is 0. The van der Waals surface area contributed by atoms with Gasteiger partial charge in [-0.05, 0) is 50.9 Å². The number of amides is 1. The third-order valence-corrected chi connectivity index (χ3v) is 4.27. The molecule has 0 bridgehead atoms. The number of hydrogen-bond acceptors (Lipinski definition) is 4. The number of hydrogen-bond donors (Lipinski definition) is 2. The Morgan fingerprint density at radius 2 is 2.00 bits per heavy atom. The molecule has 1 fully saturated rings. The number of carbonyl (C=O) groups excluding carboxylic acids is 1. The molecule has 1 aromatic rings. The Morgan fingerprint density at radius 1 is 1.35 bits per heavy atom. The largest absolute Gasteiger partial charge is 0.484 e. The standard InChI is InChI=1S/C18H28N2O3/c1-14-3-5-17(6-4-14)23-13-18(22)19-11-16(21)12-20-9-7-15(2)8-10-20/h3-6,15-16,21H,7-13H2,1-2H3,(H,19,22). The van der Waals surface area contributed by atoms with E-state index < -0.39 is 6.10 Å². The van der Waals surface area contributed by atoms with Gasteiger partial charge in [0, 0.05) is 13.1 Å². The van der Waals surface area contributed by atoms with Crippen LogP contribution in [0.5, 0.6) is 5.75 Å². The average Bonchev–Trinajstić information content (AvgIpc) is 2.54. The predicted molar refractivity (Wildman–Crippen MR) is 90.5 cm³/mol. The van der Waals surface area contributed by atoms with E-state index in [0.717, 1.165) is 24.6 Å². The van der Waals surface area contributed by atoms with E-state index in [-0.39, 0.29) is 19.1 Å². The van der Waals surface area contributed by atoms with Gasteiger partial charge in [0.2, 0.25) is 0 Å². The quantitative estimate of drug-likeness (QED) is 0.801. The molecule has 1 aliphatic rings. The predicted octanol–water partition coefficient (Wildman–Crippen LogP) is 1.58. The van der Waals surface area contributed by atoms with Gasteiger partial charge >= 0.3 is 0 Å². The third-order valence-electron chi connectivity index (χ3n) is 4.27. The molecule has 1 saturated heterocycles. The zero-order valence-electron chi connectivity index (χ0n) is 14.1. The normalized spacial score (nSPS) is 17.7. The lowest BCUT2D eigenvalue weighted by Gasteiger charge is -2.31. The summed E-state index contributed by atoms with van der Waals surface area (Å²) in [4.78, 5) is 14.0. The SMILES string of the molecule is Cc1ccc(OCC(=O)NCC(O)CN2CCC(C)CC2)cc1. The third kappa shape index (κ3) is 6.59. The summed E-state index contributed by atoms with van der Waals surface area (Å²) in [6, 6.07) is 7.57. The van der Waals surface area contributed by atoms with Crippen molar-refractivity contribution in [3.05, 3.63) is 29.8 Å². The van der Waals surface area contributed by atoms with E-state index >= 15 is 0 Å². The van der Waals surface area contributed by atoms with E-state index in [2.05, 4.69) is 17.1 Å². The van der Waals surface area contributed by atoms with Crippen molar-refractivity contribution in [1.29, 1.82) is 0 Å². The summed E-state index contributed by atoms with van der Waals surface area (Å²) < 4.78 is 5.41. The molecule has 2 N–H and O–H groups in total. The number of piperidine rings is 1. The van der Waals surface area contributed by atoms with Gasteiger partial charge in [0.25, 0.3) is 5.91 Å². The van der Waals surface area contributed by atoms with Gasteiger partial charge in [-0.2, -0.15) is 0 Å². The van der Waals surface area contributed by atoms with Gasteiger partial charge in [0.15, 0.2) is 6.61 Å². The summed E-state index contributed by atoms with van der Waals surface area (Å²) in [5.74, 6) is 1.24. The van der Waals surface area contributed by atoms with Crippen molar-refractivity contribution in [3.8, 4) is 5.75 Å². The van der Waals surface area contributed by atoms with Crippen LogP contribution in [0.2, 0.25) is 0 Å². The van der Waals surface area contributed by atoms with Crippen molar-refractivity contribution < 1.29 is 14.6 Å². The van der Waals surface area contributed by atoms with Crippen molar-refractivity contribution in [3.63, 3.8) is 0 Å². The molecule has 1 aromatic carbocycles. The number of nitrogens with one attached hydrogen (secondary N) is 1. The lowest BCUT2D eigenvalue weighted by atomic mass is 9.99. The maximum absolute atomic E-state index is 11.8. The number of nitrogens with zero attached hydrogens (tertiary/aromatic N) is 1. The van der Waals surface area contributed by atoms with Gasteiger partial charge in [-0.15, -0.1) is 0 Å². The molecule has 0 saturated carbocycles. The molecule has 1 heterocycles. The first-order valence-corrected chi connectivity index (χ1v) is 8.39. The zero-order valence-corrected chi connectivity index (χ0v) is 14.1. The monoisotopic (exact) mass is 320 g/mol. The van der Waals surface area contributed by atoms with E-state index in [1.807, 2.05) is 31.2 Å². The number of aliphatic hydroxyl groups is 1. The number of aliphatic hydroxyl groups excluding tert-OH is 1. The van der Waals surface area contributed by atoms with Crippen LogP contribution in [0.3, 0.4) is 0 Å². The van der Waals surface area contributed by atoms with Crippen molar-refractivity contribution in [1.82, 2.24) is 10.2 Å². The summed E-state index contributed by atoms with van der Waals surface area (Å²) in [5, 5.41) is 12.8. The zero-order chi connectivity index (χ0) is 16.7. The molecule has 5 heteroatoms. The van der Waals surface area contributed by atoms with Gasteiger partial charge in [-0.25, -0.2) is 0 Å². The van der Waals surface area contributed by atoms with Crippen molar-refractivity contribution in [2.24, 2.45) is 5.92 Å². The number of aryl methyl sites for hydroxylation is 1. The molecule has 0 radical (unpaired) electrons. The summed E-state index contributed by atoms with van der Waals surface area (Å²) in [7, 11) is 0. The van der Waals surface area contributed by atoms with E-state index in [4.69, 9.17) is 4.74 Å². The molecule has 1 atom stereocenters. The Balaban J connectivity index is 1.60. The molecule has 0 aliphatic carbocycles. The lowest BCUT2D eigenvalue weighted by Crippen LogP contribution is -2.43. The van der Waals surface area contributed by atoms with Crippen LogP contribution in [0, 0.1) is 12.8 Å². The maximum atomic E-state index is 11.8. The van der Waals surface area contributed by atoms with Crippen LogP contribution in [0.1, 0.15) is 25.3 Å². The first kappa shape index (κ1) is 17.8. The van der Waals surface area contributed by atoms with Gasteiger partial charge in [-0.1, -0.05) is 24.6 Å². The molecule has 23 heavy (non-hydrogen) atoms. The fraction of sp³-hybridized carbons (Fsp3) is 0.611. The van der Waals surface area contributed by atoms with Crippen LogP contribution < -0.4 is 10.1 Å². The van der Waals surface area contributed by atoms with Gasteiger partial charge in [0.1, 0.15) is 5.75 Å². The highest BCUT2D eigenvalue weighted by Gasteiger charge is 2.18. The maximum Gasteiger partial charge on any atom is 0.258 e. The number of likely N-dealkylation sites (tertiary alicyclic amines) is 1. The Kier molecular flexibility index (Phi) is 6.86. The Bertz CT molecular complexity index is 482. The van der Waals surface area contributed by atoms with Crippen LogP contribution in [-0.2, 0) is 4.79 Å². The minimum atomic E-state index is -0.535. The van der Waals surface area contributed by atoms with Gasteiger partial charge < -0.3 is 20.1 Å². The Labute approximate surface area is 138 Å². The van der Waals surface area contributed by atoms with E-state index in [1.54, 1.807) is 0 Å². The van der Waals surface area contributed by atoms with E-state index in [9.17, 15) is 9.90 Å². The number of ether oxygens (including phenoxy) is 1. The van der Waals surface area contributed by atoms with E-state index in [0.29, 0.717) is 12.3 Å². The highest BCUT2D eigenvalue weighted by atomic mass is 16.5. The topological polar surface area (TPSA) is 61.8 Å². The number of carbonyl (C=O) groups is 1. The molecule has 0 aromatic heterocycles. The summed E-state index contributed by atoms with van der Waals surface area (Å²) in [5.41, 5.74) is 1.15. The summed E-state index contributed by atoms with van der Waals surface area (Å²) in [6.07, 6.45) is 1.83. The van der Waals surface area contributed by atoms with Crippen LogP contribution in [0.25, 0.3) is 0 Å². The number of rotatable bonds is 7. The molecular weight excluding hydrogens is 292 g/mol. The smallest absolute Gasteiger partial charge is 0.258 e. The molecule has 128 valence electrons. The molecule has 1 aliphatic heterocycles. The number of β-amino-alcohol motifs (C(OH)–C–C–N with tert-alkyl or cyclic N) is 1. The van der Waals surface area contributed by atoms with Crippen LogP contribution in [-0.4, -0.2) is 54.8 Å². The fourth-order valence-electron chi connectivity index (χ4n) is 2.67. The second kappa shape index (κ2) is 8.89. The lowest BCUT2D eigenvalue weighted by molar-refractivity contribution is -0.123. The molecular formula is C18H28N2O3. The molecule has 1 amide bonds. The fourth-order valence-corrected chi connectivity index (χ4v) is 2.67. The average molecular weight is 320 g/mol. The molecule has 2 rings (SSSR count). The molecule has 1 unspecified atom stereocenters. The minimum Gasteiger partial charge on any atom is -0.484 e. The van der Waals surface area contributed by atoms with Gasteiger partial charge in [0.05, 0.1) is 6.10 Å². The van der Waals surface area contributed by atoms with Crippen LogP contribution in [0.15, 0.2) is 24.3 Å². The first-order chi connectivity index (χ1) is 11.0. The Hall–Kier alpha value is -1.59. The highest BCUT2D eigenvalue weighted by molar-refractivity contribution is 5.77. The summed E-state index contributed by atoms with van der Waals surface area (Å²) in [6.45, 7) is 7.18. The van der Waals surface area contributed by atoms with Crippen LogP contribution in [0.4, 0.5) is 0 Å². The van der Waals surface area contributed by atoms with Gasteiger partial charge in [-0.3, -0.25) is 4.79 Å². The van der Waals surface area contributed by atoms with Crippen molar-refractivity contribution in [2.75, 3.05) is 32.8 Å². The molecule has 5 nitrogen and oxygen atoms in total. The van der Waals surface area contributed by atoms with Crippen molar-refractivity contribution in [2.45, 2.75) is 32.8 Å². The first-order valence-electron chi connectivity index (χ1n) is 8.39. The Morgan fingerprint density at radius 3 is 2.65 bits per heavy atom. The second-order valence-electron chi connectivity index (χ2n) is 6.54. The second-order valence-corrected chi connectivity index (χ2v) is 6.54. The van der Waals surface area contributed by atoms with Crippen LogP contribution >= 0.6 is 0 Å². The highest BCUT2D eigenvalue weighted by Crippen LogP contribution is 2.15.